The summed E-state index contributed by atoms with van der Waals surface area (Å²) in [6, 6.07) is 3.67. The molecule has 2 aromatic rings. The molecule has 7 heteroatoms. The fourth-order valence-corrected chi connectivity index (χ4v) is 2.59. The molecule has 2 N–H and O–H groups in total. The molecule has 3 heterocycles. The van der Waals surface area contributed by atoms with Gasteiger partial charge in [0, 0.05) is 25.4 Å². The predicted molar refractivity (Wildman–Crippen MR) is 77.6 cm³/mol. The van der Waals surface area contributed by atoms with Crippen LogP contribution in [0.1, 0.15) is 12.1 Å². The molecule has 0 spiro atoms. The normalized spacial score (nSPS) is 18.6. The molecule has 0 bridgehead atoms. The van der Waals surface area contributed by atoms with Crippen molar-refractivity contribution in [3.8, 4) is 0 Å². The van der Waals surface area contributed by atoms with E-state index in [1.165, 1.54) is 0 Å². The van der Waals surface area contributed by atoms with Gasteiger partial charge in [0.25, 0.3) is 0 Å². The van der Waals surface area contributed by atoms with E-state index < -0.39 is 6.17 Å². The second kappa shape index (κ2) is 5.28. The minimum Gasteiger partial charge on any atom is -0.367 e. The van der Waals surface area contributed by atoms with Gasteiger partial charge in [-0.1, -0.05) is 11.6 Å². The first-order valence-corrected chi connectivity index (χ1v) is 6.84. The van der Waals surface area contributed by atoms with Crippen molar-refractivity contribution < 1.29 is 4.39 Å². The second-order valence-electron chi connectivity index (χ2n) is 4.87. The van der Waals surface area contributed by atoms with Crippen LogP contribution in [0.25, 0.3) is 0 Å². The molecule has 0 amide bonds. The van der Waals surface area contributed by atoms with Crippen LogP contribution < -0.4 is 10.2 Å². The summed E-state index contributed by atoms with van der Waals surface area (Å²) in [5.41, 5.74) is 1.68. The third-order valence-corrected chi connectivity index (χ3v) is 3.67. The summed E-state index contributed by atoms with van der Waals surface area (Å²) in [6.07, 6.45) is 1.42. The average Bonchev–Trinajstić information content (AvgIpc) is 3.01. The predicted octanol–water partition coefficient (Wildman–Crippen LogP) is 3.06. The summed E-state index contributed by atoms with van der Waals surface area (Å²) in [6.45, 7) is 2.94. The first kappa shape index (κ1) is 13.2. The van der Waals surface area contributed by atoms with Gasteiger partial charge >= 0.3 is 0 Å². The van der Waals surface area contributed by atoms with Crippen LogP contribution in [0.2, 0.25) is 5.02 Å². The number of rotatable bonds is 3. The van der Waals surface area contributed by atoms with Crippen LogP contribution in [0.3, 0.4) is 0 Å². The number of aromatic amines is 1. The highest BCUT2D eigenvalue weighted by atomic mass is 35.5. The van der Waals surface area contributed by atoms with E-state index in [1.807, 2.05) is 24.0 Å². The molecule has 2 aromatic heterocycles. The average molecular weight is 296 g/mol. The molecule has 106 valence electrons. The molecule has 1 aliphatic heterocycles. The van der Waals surface area contributed by atoms with E-state index in [-0.39, 0.29) is 0 Å². The molecule has 1 atom stereocenters. The van der Waals surface area contributed by atoms with Gasteiger partial charge in [-0.05, 0) is 19.4 Å². The smallest absolute Gasteiger partial charge is 0.152 e. The Balaban J connectivity index is 1.85. The van der Waals surface area contributed by atoms with Crippen LogP contribution in [0, 0.1) is 6.92 Å². The monoisotopic (exact) mass is 295 g/mol. The van der Waals surface area contributed by atoms with Gasteiger partial charge in [0.1, 0.15) is 17.0 Å². The standard InChI is InChI=1S/C13H15ClFN5/c1-8-6-11(19-18-8)17-13-12(14)10(2-4-16-13)20-5-3-9(15)7-20/h2,4,6,9H,3,5,7H2,1H3,(H2,16,17,18,19)/t9-/m0/s1. The van der Waals surface area contributed by atoms with Crippen LogP contribution >= 0.6 is 11.6 Å². The third-order valence-electron chi connectivity index (χ3n) is 3.30. The Morgan fingerprint density at radius 1 is 1.55 bits per heavy atom. The second-order valence-corrected chi connectivity index (χ2v) is 5.25. The number of hydrogen-bond acceptors (Lipinski definition) is 4. The van der Waals surface area contributed by atoms with Crippen LogP contribution in [-0.2, 0) is 0 Å². The Morgan fingerprint density at radius 2 is 2.40 bits per heavy atom. The van der Waals surface area contributed by atoms with Crippen molar-refractivity contribution in [1.29, 1.82) is 0 Å². The number of anilines is 3. The molecule has 0 unspecified atom stereocenters. The number of alkyl halides is 1. The van der Waals surface area contributed by atoms with Gasteiger partial charge in [0.15, 0.2) is 5.82 Å². The number of H-pyrrole nitrogens is 1. The number of nitrogens with one attached hydrogen (secondary N) is 2. The minimum atomic E-state index is -0.786. The zero-order valence-electron chi connectivity index (χ0n) is 11.0. The van der Waals surface area contributed by atoms with E-state index in [0.29, 0.717) is 30.4 Å². The van der Waals surface area contributed by atoms with Gasteiger partial charge in [-0.25, -0.2) is 9.37 Å². The Bertz CT molecular complexity index is 615. The van der Waals surface area contributed by atoms with Gasteiger partial charge in [0.2, 0.25) is 0 Å². The Morgan fingerprint density at radius 3 is 3.05 bits per heavy atom. The molecule has 0 radical (unpaired) electrons. The van der Waals surface area contributed by atoms with E-state index in [2.05, 4.69) is 20.5 Å². The summed E-state index contributed by atoms with van der Waals surface area (Å²) in [5.74, 6) is 1.26. The van der Waals surface area contributed by atoms with Crippen molar-refractivity contribution in [3.63, 3.8) is 0 Å². The van der Waals surface area contributed by atoms with Crippen molar-refractivity contribution in [1.82, 2.24) is 15.2 Å². The largest absolute Gasteiger partial charge is 0.367 e. The molecule has 1 saturated heterocycles. The molecule has 0 saturated carbocycles. The molecule has 1 fully saturated rings. The molecular formula is C13H15ClFN5. The number of halogens is 2. The molecule has 5 nitrogen and oxygen atoms in total. The van der Waals surface area contributed by atoms with E-state index in [1.54, 1.807) is 6.20 Å². The van der Waals surface area contributed by atoms with Gasteiger partial charge < -0.3 is 10.2 Å². The number of aromatic nitrogens is 3. The molecule has 0 aromatic carbocycles. The summed E-state index contributed by atoms with van der Waals surface area (Å²) in [4.78, 5) is 6.17. The topological polar surface area (TPSA) is 56.8 Å². The number of hydrogen-bond donors (Lipinski definition) is 2. The third kappa shape index (κ3) is 2.56. The van der Waals surface area contributed by atoms with Crippen molar-refractivity contribution >= 4 is 28.9 Å². The molecule has 0 aliphatic carbocycles. The number of aryl methyl sites for hydroxylation is 1. The lowest BCUT2D eigenvalue weighted by Gasteiger charge is -2.20. The first-order valence-electron chi connectivity index (χ1n) is 6.46. The van der Waals surface area contributed by atoms with E-state index in [4.69, 9.17) is 11.6 Å². The lowest BCUT2D eigenvalue weighted by molar-refractivity contribution is 0.364. The van der Waals surface area contributed by atoms with Crippen LogP contribution in [0.4, 0.5) is 21.7 Å². The fraction of sp³-hybridized carbons (Fsp3) is 0.385. The van der Waals surface area contributed by atoms with Crippen molar-refractivity contribution in [2.45, 2.75) is 19.5 Å². The summed E-state index contributed by atoms with van der Waals surface area (Å²) >= 11 is 6.37. The van der Waals surface area contributed by atoms with Gasteiger partial charge in [0.05, 0.1) is 11.4 Å². The molecular weight excluding hydrogens is 281 g/mol. The first-order chi connectivity index (χ1) is 9.63. The van der Waals surface area contributed by atoms with Crippen molar-refractivity contribution in [2.24, 2.45) is 0 Å². The fourth-order valence-electron chi connectivity index (χ4n) is 2.31. The van der Waals surface area contributed by atoms with Gasteiger partial charge in [-0.3, -0.25) is 5.10 Å². The SMILES string of the molecule is Cc1cc(Nc2nccc(N3CC[C@H](F)C3)c2Cl)[nH]n1. The molecule has 20 heavy (non-hydrogen) atoms. The highest BCUT2D eigenvalue weighted by molar-refractivity contribution is 6.35. The van der Waals surface area contributed by atoms with Crippen molar-refractivity contribution in [2.75, 3.05) is 23.3 Å². The minimum absolute atomic E-state index is 0.381. The zero-order chi connectivity index (χ0) is 14.1. The highest BCUT2D eigenvalue weighted by Gasteiger charge is 2.24. The Labute approximate surface area is 121 Å². The lowest BCUT2D eigenvalue weighted by atomic mass is 10.3. The van der Waals surface area contributed by atoms with E-state index in [9.17, 15) is 4.39 Å². The summed E-state index contributed by atoms with van der Waals surface area (Å²) in [5, 5.41) is 10.5. The van der Waals surface area contributed by atoms with Gasteiger partial charge in [-0.2, -0.15) is 5.10 Å². The number of pyridine rings is 1. The highest BCUT2D eigenvalue weighted by Crippen LogP contribution is 2.34. The van der Waals surface area contributed by atoms with E-state index >= 15 is 0 Å². The van der Waals surface area contributed by atoms with Crippen LogP contribution in [0.5, 0.6) is 0 Å². The molecule has 3 rings (SSSR count). The zero-order valence-corrected chi connectivity index (χ0v) is 11.8. The maximum atomic E-state index is 13.3. The Kier molecular flexibility index (Phi) is 3.48. The maximum Gasteiger partial charge on any atom is 0.152 e. The lowest BCUT2D eigenvalue weighted by Crippen LogP contribution is -2.20. The van der Waals surface area contributed by atoms with E-state index in [0.717, 1.165) is 17.2 Å². The van der Waals surface area contributed by atoms with Crippen molar-refractivity contribution in [3.05, 3.63) is 29.0 Å². The quantitative estimate of drug-likeness (QED) is 0.914. The number of nitrogens with zero attached hydrogens (tertiary/aromatic N) is 3. The molecule has 1 aliphatic rings. The summed E-state index contributed by atoms with van der Waals surface area (Å²) in [7, 11) is 0. The maximum absolute atomic E-state index is 13.3. The van der Waals surface area contributed by atoms with Crippen LogP contribution in [-0.4, -0.2) is 34.4 Å². The summed E-state index contributed by atoms with van der Waals surface area (Å²) < 4.78 is 13.3. The van der Waals surface area contributed by atoms with Gasteiger partial charge in [-0.15, -0.1) is 0 Å². The Hall–Kier alpha value is -1.82. The van der Waals surface area contributed by atoms with Crippen LogP contribution in [0.15, 0.2) is 18.3 Å².